The summed E-state index contributed by atoms with van der Waals surface area (Å²) in [5, 5.41) is 9.18. The molecule has 0 aromatic heterocycles. The van der Waals surface area contributed by atoms with Crippen molar-refractivity contribution in [3.63, 3.8) is 0 Å². The second-order valence-electron chi connectivity index (χ2n) is 5.61. The quantitative estimate of drug-likeness (QED) is 0.866. The normalized spacial score (nSPS) is 23.5. The van der Waals surface area contributed by atoms with Crippen LogP contribution in [0.1, 0.15) is 30.1 Å². The van der Waals surface area contributed by atoms with E-state index in [9.17, 15) is 14.7 Å². The number of piperidine rings is 1. The second-order valence-corrected chi connectivity index (χ2v) is 6.47. The first kappa shape index (κ1) is 15.1. The number of halogens is 1. The Balaban J connectivity index is 1.86. The van der Waals surface area contributed by atoms with Gasteiger partial charge in [0.25, 0.3) is 5.91 Å². The molecule has 1 saturated heterocycles. The van der Waals surface area contributed by atoms with E-state index in [1.807, 2.05) is 6.92 Å². The van der Waals surface area contributed by atoms with Crippen molar-refractivity contribution in [2.45, 2.75) is 25.8 Å². The Bertz CT molecular complexity index is 633. The van der Waals surface area contributed by atoms with Crippen LogP contribution in [0.25, 0.3) is 0 Å². The lowest BCUT2D eigenvalue weighted by atomic mass is 9.93. The van der Waals surface area contributed by atoms with Crippen LogP contribution in [0.15, 0.2) is 16.6 Å². The molecule has 2 unspecified atom stereocenters. The molecule has 0 radical (unpaired) electrons. The van der Waals surface area contributed by atoms with Gasteiger partial charge in [-0.15, -0.1) is 0 Å². The summed E-state index contributed by atoms with van der Waals surface area (Å²) in [6.45, 7) is 2.31. The average molecular weight is 370 g/mol. The molecule has 1 amide bonds. The number of carbonyl (C=O) groups excluding carboxylic acids is 1. The van der Waals surface area contributed by atoms with Gasteiger partial charge in [0.15, 0.2) is 11.5 Å². The fourth-order valence-corrected chi connectivity index (χ4v) is 3.40. The molecule has 1 fully saturated rings. The van der Waals surface area contributed by atoms with Gasteiger partial charge < -0.3 is 19.5 Å². The minimum atomic E-state index is -0.850. The lowest BCUT2D eigenvalue weighted by Crippen LogP contribution is -2.47. The first-order valence-corrected chi connectivity index (χ1v) is 7.89. The van der Waals surface area contributed by atoms with E-state index in [1.165, 1.54) is 0 Å². The van der Waals surface area contributed by atoms with Crippen LogP contribution in [-0.4, -0.2) is 41.3 Å². The van der Waals surface area contributed by atoms with Gasteiger partial charge in [0, 0.05) is 18.2 Å². The lowest BCUT2D eigenvalue weighted by molar-refractivity contribution is -0.143. The van der Waals surface area contributed by atoms with E-state index in [1.54, 1.807) is 17.0 Å². The van der Waals surface area contributed by atoms with Gasteiger partial charge in [-0.05, 0) is 47.8 Å². The van der Waals surface area contributed by atoms with E-state index in [0.717, 1.165) is 0 Å². The molecule has 1 N–H and O–H groups in total. The van der Waals surface area contributed by atoms with Crippen molar-refractivity contribution in [1.82, 2.24) is 4.90 Å². The number of nitrogens with zero attached hydrogens (tertiary/aromatic N) is 1. The lowest BCUT2D eigenvalue weighted by Gasteiger charge is -2.36. The summed E-state index contributed by atoms with van der Waals surface area (Å²) in [5.41, 5.74) is 0.467. The third-order valence-corrected chi connectivity index (χ3v) is 4.76. The van der Waals surface area contributed by atoms with E-state index in [4.69, 9.17) is 9.47 Å². The van der Waals surface area contributed by atoms with Crippen molar-refractivity contribution in [1.29, 1.82) is 0 Å². The summed E-state index contributed by atoms with van der Waals surface area (Å²) in [4.78, 5) is 25.6. The topological polar surface area (TPSA) is 76.1 Å². The van der Waals surface area contributed by atoms with Gasteiger partial charge in [0.2, 0.25) is 6.79 Å². The summed E-state index contributed by atoms with van der Waals surface area (Å²) in [5.74, 6) is -0.421. The highest BCUT2D eigenvalue weighted by atomic mass is 79.9. The van der Waals surface area contributed by atoms with Gasteiger partial charge in [-0.1, -0.05) is 0 Å². The summed E-state index contributed by atoms with van der Waals surface area (Å²) >= 11 is 3.37. The molecule has 0 spiro atoms. The predicted octanol–water partition coefficient (Wildman–Crippen LogP) is 2.50. The van der Waals surface area contributed by atoms with Crippen LogP contribution in [0.5, 0.6) is 11.5 Å². The number of hydrogen-bond acceptors (Lipinski definition) is 4. The van der Waals surface area contributed by atoms with E-state index >= 15 is 0 Å². The van der Waals surface area contributed by atoms with Crippen LogP contribution >= 0.6 is 15.9 Å². The number of carboxylic acid groups (broad SMARTS) is 1. The molecule has 22 heavy (non-hydrogen) atoms. The summed E-state index contributed by atoms with van der Waals surface area (Å²) in [6, 6.07) is 3.35. The molecule has 1 aromatic carbocycles. The Kier molecular flexibility index (Phi) is 3.99. The highest BCUT2D eigenvalue weighted by molar-refractivity contribution is 9.10. The predicted molar refractivity (Wildman–Crippen MR) is 81.1 cm³/mol. The summed E-state index contributed by atoms with van der Waals surface area (Å²) < 4.78 is 11.3. The van der Waals surface area contributed by atoms with Crippen molar-refractivity contribution >= 4 is 27.8 Å². The summed E-state index contributed by atoms with van der Waals surface area (Å²) in [7, 11) is 0. The molecule has 1 aromatic rings. The Morgan fingerprint density at radius 1 is 1.32 bits per heavy atom. The fourth-order valence-electron chi connectivity index (χ4n) is 2.85. The SMILES string of the molecule is CC1CCC(C(=O)O)CN1C(=O)c1cc(Br)c2c(c1)OCO2. The number of fused-ring (bicyclic) bond motifs is 1. The Morgan fingerprint density at radius 2 is 2.09 bits per heavy atom. The summed E-state index contributed by atoms with van der Waals surface area (Å²) in [6.07, 6.45) is 1.29. The van der Waals surface area contributed by atoms with Crippen LogP contribution in [0.4, 0.5) is 0 Å². The third-order valence-electron chi connectivity index (χ3n) is 4.17. The Hall–Kier alpha value is -1.76. The number of benzene rings is 1. The van der Waals surface area contributed by atoms with Crippen molar-refractivity contribution < 1.29 is 24.2 Å². The van der Waals surface area contributed by atoms with Gasteiger partial charge in [-0.2, -0.15) is 0 Å². The fraction of sp³-hybridized carbons (Fsp3) is 0.467. The molecule has 7 heteroatoms. The molecule has 3 rings (SSSR count). The third kappa shape index (κ3) is 2.65. The molecular weight excluding hydrogens is 354 g/mol. The minimum Gasteiger partial charge on any atom is -0.481 e. The average Bonchev–Trinajstić information content (AvgIpc) is 2.95. The van der Waals surface area contributed by atoms with Crippen molar-refractivity contribution in [3.8, 4) is 11.5 Å². The molecule has 6 nitrogen and oxygen atoms in total. The smallest absolute Gasteiger partial charge is 0.308 e. The largest absolute Gasteiger partial charge is 0.481 e. The van der Waals surface area contributed by atoms with Gasteiger partial charge in [0.05, 0.1) is 10.4 Å². The zero-order valence-corrected chi connectivity index (χ0v) is 13.6. The number of amides is 1. The molecule has 118 valence electrons. The first-order valence-electron chi connectivity index (χ1n) is 7.10. The van der Waals surface area contributed by atoms with Crippen LogP contribution in [0, 0.1) is 5.92 Å². The van der Waals surface area contributed by atoms with E-state index in [-0.39, 0.29) is 25.3 Å². The number of rotatable bonds is 2. The van der Waals surface area contributed by atoms with Crippen LogP contribution in [0.3, 0.4) is 0 Å². The van der Waals surface area contributed by atoms with E-state index < -0.39 is 11.9 Å². The van der Waals surface area contributed by atoms with Crippen molar-refractivity contribution in [2.24, 2.45) is 5.92 Å². The maximum absolute atomic E-state index is 12.7. The molecule has 2 heterocycles. The number of carbonyl (C=O) groups is 2. The highest BCUT2D eigenvalue weighted by Gasteiger charge is 2.33. The molecule has 2 aliphatic rings. The number of hydrogen-bond donors (Lipinski definition) is 1. The van der Waals surface area contributed by atoms with Crippen molar-refractivity contribution in [3.05, 3.63) is 22.2 Å². The zero-order valence-electron chi connectivity index (χ0n) is 12.0. The molecule has 0 saturated carbocycles. The standard InChI is InChI=1S/C15H16BrNO5/c1-8-2-3-9(15(19)20)6-17(8)14(18)10-4-11(16)13-12(5-10)21-7-22-13/h4-5,8-9H,2-3,6-7H2,1H3,(H,19,20). The monoisotopic (exact) mass is 369 g/mol. The molecule has 2 atom stereocenters. The minimum absolute atomic E-state index is 0.0206. The van der Waals surface area contributed by atoms with Crippen LogP contribution in [-0.2, 0) is 4.79 Å². The number of ether oxygens (including phenoxy) is 2. The maximum atomic E-state index is 12.7. The Morgan fingerprint density at radius 3 is 2.82 bits per heavy atom. The molecule has 2 aliphatic heterocycles. The van der Waals surface area contributed by atoms with E-state index in [0.29, 0.717) is 34.4 Å². The van der Waals surface area contributed by atoms with Crippen molar-refractivity contribution in [2.75, 3.05) is 13.3 Å². The van der Waals surface area contributed by atoms with Gasteiger partial charge in [-0.3, -0.25) is 9.59 Å². The van der Waals surface area contributed by atoms with Crippen LogP contribution < -0.4 is 9.47 Å². The van der Waals surface area contributed by atoms with Gasteiger partial charge >= 0.3 is 5.97 Å². The molecule has 0 aliphatic carbocycles. The second kappa shape index (κ2) is 5.79. The van der Waals surface area contributed by atoms with Gasteiger partial charge in [0.1, 0.15) is 0 Å². The number of likely N-dealkylation sites (tertiary alicyclic amines) is 1. The molecule has 0 bridgehead atoms. The zero-order chi connectivity index (χ0) is 15.9. The van der Waals surface area contributed by atoms with E-state index in [2.05, 4.69) is 15.9 Å². The number of carboxylic acids is 1. The first-order chi connectivity index (χ1) is 10.5. The Labute approximate surface area is 136 Å². The van der Waals surface area contributed by atoms with Gasteiger partial charge in [-0.25, -0.2) is 0 Å². The highest BCUT2D eigenvalue weighted by Crippen LogP contribution is 2.40. The van der Waals surface area contributed by atoms with Crippen LogP contribution in [0.2, 0.25) is 0 Å². The number of aliphatic carboxylic acids is 1. The molecular formula is C15H16BrNO5. The maximum Gasteiger partial charge on any atom is 0.308 e.